The van der Waals surface area contributed by atoms with E-state index in [-0.39, 0.29) is 18.4 Å². The van der Waals surface area contributed by atoms with Crippen molar-refractivity contribution in [3.63, 3.8) is 0 Å². The van der Waals surface area contributed by atoms with E-state index in [4.69, 9.17) is 5.11 Å². The van der Waals surface area contributed by atoms with Crippen molar-refractivity contribution in [2.75, 3.05) is 6.54 Å². The molecule has 0 bridgehead atoms. The van der Waals surface area contributed by atoms with Gasteiger partial charge in [-0.3, -0.25) is 9.59 Å². The van der Waals surface area contributed by atoms with Crippen molar-refractivity contribution in [1.29, 1.82) is 0 Å². The van der Waals surface area contributed by atoms with Crippen LogP contribution in [-0.2, 0) is 9.59 Å². The Kier molecular flexibility index (Phi) is 4.93. The maximum Gasteiger partial charge on any atom is 0.305 e. The van der Waals surface area contributed by atoms with Crippen LogP contribution in [0.4, 0.5) is 0 Å². The number of carboxylic acid groups (broad SMARTS) is 1. The average Bonchev–Trinajstić information content (AvgIpc) is 2.77. The summed E-state index contributed by atoms with van der Waals surface area (Å²) in [5, 5.41) is 14.8. The van der Waals surface area contributed by atoms with Crippen molar-refractivity contribution in [2.24, 2.45) is 0 Å². The van der Waals surface area contributed by atoms with Crippen LogP contribution in [0.1, 0.15) is 46.0 Å². The summed E-state index contributed by atoms with van der Waals surface area (Å²) in [6.07, 6.45) is 3.19. The second kappa shape index (κ2) is 6.00. The molecule has 98 valence electrons. The van der Waals surface area contributed by atoms with E-state index in [9.17, 15) is 9.59 Å². The quantitative estimate of drug-likeness (QED) is 0.646. The molecule has 2 atom stereocenters. The number of hydrogen-bond acceptors (Lipinski definition) is 3. The second-order valence-corrected chi connectivity index (χ2v) is 4.64. The topological polar surface area (TPSA) is 78.4 Å². The lowest BCUT2D eigenvalue weighted by Gasteiger charge is -2.29. The van der Waals surface area contributed by atoms with Crippen molar-refractivity contribution in [1.82, 2.24) is 10.6 Å². The summed E-state index contributed by atoms with van der Waals surface area (Å²) >= 11 is 0. The summed E-state index contributed by atoms with van der Waals surface area (Å²) < 4.78 is 0. The zero-order chi connectivity index (χ0) is 12.9. The minimum absolute atomic E-state index is 0.0119. The van der Waals surface area contributed by atoms with Crippen molar-refractivity contribution in [2.45, 2.75) is 57.5 Å². The van der Waals surface area contributed by atoms with Gasteiger partial charge in [-0.05, 0) is 32.2 Å². The molecule has 3 N–H and O–H groups in total. The van der Waals surface area contributed by atoms with Gasteiger partial charge in [0.1, 0.15) is 0 Å². The maximum absolute atomic E-state index is 12.2. The molecule has 5 nitrogen and oxygen atoms in total. The highest BCUT2D eigenvalue weighted by atomic mass is 16.4. The molecule has 1 heterocycles. The Hall–Kier alpha value is -1.10. The zero-order valence-electron chi connectivity index (χ0n) is 10.6. The van der Waals surface area contributed by atoms with Crippen LogP contribution < -0.4 is 10.6 Å². The SMILES string of the molecule is CCC(CC(=O)O)NC(=O)C1(CC)CCCN1. The predicted octanol–water partition coefficient (Wildman–Crippen LogP) is 0.888. The molecule has 2 unspecified atom stereocenters. The van der Waals surface area contributed by atoms with E-state index in [0.29, 0.717) is 6.42 Å². The molecule has 0 radical (unpaired) electrons. The van der Waals surface area contributed by atoms with Crippen molar-refractivity contribution in [3.8, 4) is 0 Å². The van der Waals surface area contributed by atoms with Crippen LogP contribution in [0.25, 0.3) is 0 Å². The Morgan fingerprint density at radius 3 is 2.59 bits per heavy atom. The van der Waals surface area contributed by atoms with Crippen molar-refractivity contribution in [3.05, 3.63) is 0 Å². The van der Waals surface area contributed by atoms with Crippen molar-refractivity contribution >= 4 is 11.9 Å². The average molecular weight is 242 g/mol. The van der Waals surface area contributed by atoms with Crippen LogP contribution in [-0.4, -0.2) is 35.1 Å². The van der Waals surface area contributed by atoms with E-state index in [0.717, 1.165) is 25.8 Å². The highest BCUT2D eigenvalue weighted by Crippen LogP contribution is 2.23. The third kappa shape index (κ3) is 3.43. The third-order valence-electron chi connectivity index (χ3n) is 3.53. The number of rotatable bonds is 6. The molecule has 0 saturated carbocycles. The van der Waals surface area contributed by atoms with Crippen LogP contribution in [0.3, 0.4) is 0 Å². The molecule has 1 amide bonds. The number of aliphatic carboxylic acids is 1. The lowest BCUT2D eigenvalue weighted by atomic mass is 9.92. The molecular weight excluding hydrogens is 220 g/mol. The van der Waals surface area contributed by atoms with Crippen LogP contribution in [0, 0.1) is 0 Å². The first-order chi connectivity index (χ1) is 8.04. The molecule has 0 aliphatic carbocycles. The van der Waals surface area contributed by atoms with Crippen LogP contribution in [0.15, 0.2) is 0 Å². The number of carbonyl (C=O) groups excluding carboxylic acids is 1. The first-order valence-corrected chi connectivity index (χ1v) is 6.32. The van der Waals surface area contributed by atoms with E-state index >= 15 is 0 Å². The second-order valence-electron chi connectivity index (χ2n) is 4.64. The van der Waals surface area contributed by atoms with Gasteiger partial charge in [-0.15, -0.1) is 0 Å². The summed E-state index contributed by atoms with van der Waals surface area (Å²) in [4.78, 5) is 22.8. The fraction of sp³-hybridized carbons (Fsp3) is 0.833. The molecule has 1 aliphatic heterocycles. The predicted molar refractivity (Wildman–Crippen MR) is 64.7 cm³/mol. The summed E-state index contributed by atoms with van der Waals surface area (Å²) in [5.41, 5.74) is -0.480. The number of carboxylic acids is 1. The van der Waals surface area contributed by atoms with Gasteiger partial charge in [0.2, 0.25) is 5.91 Å². The maximum atomic E-state index is 12.2. The summed E-state index contributed by atoms with van der Waals surface area (Å²) in [5.74, 6) is -0.923. The first kappa shape index (κ1) is 14.0. The van der Waals surface area contributed by atoms with Gasteiger partial charge >= 0.3 is 5.97 Å². The van der Waals surface area contributed by atoms with Gasteiger partial charge in [-0.1, -0.05) is 13.8 Å². The van der Waals surface area contributed by atoms with E-state index in [1.165, 1.54) is 0 Å². The van der Waals surface area contributed by atoms with Gasteiger partial charge in [0.05, 0.1) is 12.0 Å². The molecule has 17 heavy (non-hydrogen) atoms. The smallest absolute Gasteiger partial charge is 0.305 e. The molecule has 0 aromatic heterocycles. The van der Waals surface area contributed by atoms with Gasteiger partial charge in [0, 0.05) is 6.04 Å². The van der Waals surface area contributed by atoms with Crippen LogP contribution in [0.2, 0.25) is 0 Å². The highest BCUT2D eigenvalue weighted by molar-refractivity contribution is 5.87. The zero-order valence-corrected chi connectivity index (χ0v) is 10.6. The highest BCUT2D eigenvalue weighted by Gasteiger charge is 2.39. The molecule has 1 saturated heterocycles. The van der Waals surface area contributed by atoms with Gasteiger partial charge in [-0.25, -0.2) is 0 Å². The molecule has 1 fully saturated rings. The number of amides is 1. The minimum Gasteiger partial charge on any atom is -0.481 e. The van der Waals surface area contributed by atoms with Gasteiger partial charge in [-0.2, -0.15) is 0 Å². The van der Waals surface area contributed by atoms with Crippen LogP contribution >= 0.6 is 0 Å². The Labute approximate surface area is 102 Å². The number of carbonyl (C=O) groups is 2. The molecule has 0 aromatic rings. The monoisotopic (exact) mass is 242 g/mol. The fourth-order valence-electron chi connectivity index (χ4n) is 2.29. The van der Waals surface area contributed by atoms with Gasteiger partial charge in [0.15, 0.2) is 0 Å². The Balaban J connectivity index is 2.59. The van der Waals surface area contributed by atoms with E-state index in [1.807, 2.05) is 13.8 Å². The largest absolute Gasteiger partial charge is 0.481 e. The number of hydrogen-bond donors (Lipinski definition) is 3. The molecule has 1 rings (SSSR count). The Morgan fingerprint density at radius 1 is 1.47 bits per heavy atom. The molecule has 0 spiro atoms. The summed E-state index contributed by atoms with van der Waals surface area (Å²) in [7, 11) is 0. The van der Waals surface area contributed by atoms with Gasteiger partial charge in [0.25, 0.3) is 0 Å². The molecule has 0 aromatic carbocycles. The lowest BCUT2D eigenvalue weighted by molar-refractivity contribution is -0.138. The Morgan fingerprint density at radius 2 is 2.18 bits per heavy atom. The molecular formula is C12H22N2O3. The normalized spacial score (nSPS) is 25.5. The van der Waals surface area contributed by atoms with Crippen LogP contribution in [0.5, 0.6) is 0 Å². The van der Waals surface area contributed by atoms with E-state index < -0.39 is 11.5 Å². The minimum atomic E-state index is -0.873. The Bertz CT molecular complexity index is 285. The fourth-order valence-corrected chi connectivity index (χ4v) is 2.29. The standard InChI is InChI=1S/C12H22N2O3/c1-3-9(8-10(15)16)14-11(17)12(4-2)6-5-7-13-12/h9,13H,3-8H2,1-2H3,(H,14,17)(H,15,16). The molecule has 1 aliphatic rings. The van der Waals surface area contributed by atoms with E-state index in [1.54, 1.807) is 0 Å². The lowest BCUT2D eigenvalue weighted by Crippen LogP contribution is -2.55. The first-order valence-electron chi connectivity index (χ1n) is 6.32. The van der Waals surface area contributed by atoms with Gasteiger partial charge < -0.3 is 15.7 Å². The summed E-state index contributed by atoms with van der Waals surface area (Å²) in [6, 6.07) is -0.272. The third-order valence-corrected chi connectivity index (χ3v) is 3.53. The van der Waals surface area contributed by atoms with E-state index in [2.05, 4.69) is 10.6 Å². The number of nitrogens with one attached hydrogen (secondary N) is 2. The summed E-state index contributed by atoms with van der Waals surface area (Å²) in [6.45, 7) is 4.72. The molecule has 5 heteroatoms. The van der Waals surface area contributed by atoms with Crippen molar-refractivity contribution < 1.29 is 14.7 Å².